The van der Waals surface area contributed by atoms with E-state index in [0.717, 1.165) is 11.3 Å². The summed E-state index contributed by atoms with van der Waals surface area (Å²) in [5.74, 6) is 0.611. The molecule has 0 aliphatic rings. The SMILES string of the molecule is CN(Cc1cccc(F)c1)C(CN)c1ccco1. The molecule has 0 fully saturated rings. The van der Waals surface area contributed by atoms with Crippen molar-refractivity contribution in [2.24, 2.45) is 5.73 Å². The fraction of sp³-hybridized carbons (Fsp3) is 0.286. The lowest BCUT2D eigenvalue weighted by Gasteiger charge is -2.25. The second-order valence-electron chi connectivity index (χ2n) is 4.31. The molecule has 0 saturated carbocycles. The summed E-state index contributed by atoms with van der Waals surface area (Å²) in [5.41, 5.74) is 6.69. The molecule has 1 atom stereocenters. The van der Waals surface area contributed by atoms with Crippen molar-refractivity contribution in [1.82, 2.24) is 4.90 Å². The second-order valence-corrected chi connectivity index (χ2v) is 4.31. The Bertz CT molecular complexity index is 484. The van der Waals surface area contributed by atoms with Crippen LogP contribution in [0.3, 0.4) is 0 Å². The summed E-state index contributed by atoms with van der Waals surface area (Å²) in [7, 11) is 1.95. The molecule has 96 valence electrons. The number of benzene rings is 1. The highest BCUT2D eigenvalue weighted by molar-refractivity contribution is 5.16. The molecule has 0 bridgehead atoms. The largest absolute Gasteiger partial charge is 0.468 e. The van der Waals surface area contributed by atoms with Gasteiger partial charge in [-0.3, -0.25) is 4.90 Å². The molecule has 0 amide bonds. The van der Waals surface area contributed by atoms with Crippen LogP contribution in [0.1, 0.15) is 17.4 Å². The number of hydrogen-bond acceptors (Lipinski definition) is 3. The van der Waals surface area contributed by atoms with E-state index in [1.807, 2.05) is 30.1 Å². The van der Waals surface area contributed by atoms with Gasteiger partial charge < -0.3 is 10.2 Å². The minimum Gasteiger partial charge on any atom is -0.468 e. The lowest BCUT2D eigenvalue weighted by molar-refractivity contribution is 0.212. The van der Waals surface area contributed by atoms with Crippen molar-refractivity contribution in [3.05, 3.63) is 59.8 Å². The number of rotatable bonds is 5. The van der Waals surface area contributed by atoms with E-state index in [2.05, 4.69) is 0 Å². The topological polar surface area (TPSA) is 42.4 Å². The van der Waals surface area contributed by atoms with Crippen molar-refractivity contribution in [2.75, 3.05) is 13.6 Å². The van der Waals surface area contributed by atoms with Gasteiger partial charge in [0.2, 0.25) is 0 Å². The Morgan fingerprint density at radius 2 is 2.17 bits per heavy atom. The third-order valence-electron chi connectivity index (χ3n) is 2.95. The molecule has 0 aliphatic heterocycles. The van der Waals surface area contributed by atoms with Gasteiger partial charge in [0.25, 0.3) is 0 Å². The Morgan fingerprint density at radius 1 is 1.33 bits per heavy atom. The first-order chi connectivity index (χ1) is 8.70. The number of nitrogens with zero attached hydrogens (tertiary/aromatic N) is 1. The standard InChI is InChI=1S/C14H17FN2O/c1-17(10-11-4-2-5-12(15)8-11)13(9-16)14-6-3-7-18-14/h2-8,13H,9-10,16H2,1H3. The van der Waals surface area contributed by atoms with E-state index >= 15 is 0 Å². The van der Waals surface area contributed by atoms with E-state index < -0.39 is 0 Å². The molecule has 2 rings (SSSR count). The van der Waals surface area contributed by atoms with E-state index in [0.29, 0.717) is 13.1 Å². The molecule has 4 heteroatoms. The third-order valence-corrected chi connectivity index (χ3v) is 2.95. The van der Waals surface area contributed by atoms with Gasteiger partial charge in [0.05, 0.1) is 12.3 Å². The first-order valence-electron chi connectivity index (χ1n) is 5.89. The third kappa shape index (κ3) is 2.97. The van der Waals surface area contributed by atoms with Crippen LogP contribution in [-0.2, 0) is 6.54 Å². The molecule has 18 heavy (non-hydrogen) atoms. The van der Waals surface area contributed by atoms with Crippen LogP contribution in [0.15, 0.2) is 47.1 Å². The minimum absolute atomic E-state index is 0.00303. The summed E-state index contributed by atoms with van der Waals surface area (Å²) in [6.45, 7) is 1.08. The van der Waals surface area contributed by atoms with E-state index in [1.165, 1.54) is 12.1 Å². The summed E-state index contributed by atoms with van der Waals surface area (Å²) in [4.78, 5) is 2.05. The van der Waals surface area contributed by atoms with Crippen molar-refractivity contribution in [2.45, 2.75) is 12.6 Å². The van der Waals surface area contributed by atoms with Crippen molar-refractivity contribution in [3.8, 4) is 0 Å². The highest BCUT2D eigenvalue weighted by Crippen LogP contribution is 2.20. The zero-order valence-electron chi connectivity index (χ0n) is 10.3. The first-order valence-corrected chi connectivity index (χ1v) is 5.89. The van der Waals surface area contributed by atoms with Crippen molar-refractivity contribution in [1.29, 1.82) is 0 Å². The molecule has 0 radical (unpaired) electrons. The van der Waals surface area contributed by atoms with Crippen LogP contribution in [0.25, 0.3) is 0 Å². The molecular weight excluding hydrogens is 231 g/mol. The summed E-state index contributed by atoms with van der Waals surface area (Å²) >= 11 is 0. The normalized spacial score (nSPS) is 12.9. The molecular formula is C14H17FN2O. The van der Waals surface area contributed by atoms with Crippen LogP contribution in [0, 0.1) is 5.82 Å². The maximum Gasteiger partial charge on any atom is 0.123 e. The van der Waals surface area contributed by atoms with Crippen LogP contribution in [0.2, 0.25) is 0 Å². The predicted molar refractivity (Wildman–Crippen MR) is 68.4 cm³/mol. The molecule has 3 nitrogen and oxygen atoms in total. The number of hydrogen-bond donors (Lipinski definition) is 1. The highest BCUT2D eigenvalue weighted by atomic mass is 19.1. The summed E-state index contributed by atoms with van der Waals surface area (Å²) < 4.78 is 18.5. The maximum absolute atomic E-state index is 13.1. The Kier molecular flexibility index (Phi) is 4.12. The minimum atomic E-state index is -0.219. The average Bonchev–Trinajstić information content (AvgIpc) is 2.83. The Balaban J connectivity index is 2.08. The van der Waals surface area contributed by atoms with Crippen LogP contribution in [0.5, 0.6) is 0 Å². The van der Waals surface area contributed by atoms with Crippen LogP contribution < -0.4 is 5.73 Å². The van der Waals surface area contributed by atoms with Gasteiger partial charge in [0, 0.05) is 13.1 Å². The smallest absolute Gasteiger partial charge is 0.123 e. The molecule has 1 heterocycles. The first kappa shape index (κ1) is 12.8. The van der Waals surface area contributed by atoms with Crippen LogP contribution in [-0.4, -0.2) is 18.5 Å². The molecule has 1 aromatic carbocycles. The lowest BCUT2D eigenvalue weighted by atomic mass is 10.1. The summed E-state index contributed by atoms with van der Waals surface area (Å²) in [6, 6.07) is 10.3. The summed E-state index contributed by atoms with van der Waals surface area (Å²) in [5, 5.41) is 0. The molecule has 0 saturated heterocycles. The lowest BCUT2D eigenvalue weighted by Crippen LogP contribution is -2.29. The monoisotopic (exact) mass is 248 g/mol. The van der Waals surface area contributed by atoms with Gasteiger partial charge in [-0.05, 0) is 36.9 Å². The summed E-state index contributed by atoms with van der Waals surface area (Å²) in [6.07, 6.45) is 1.63. The molecule has 0 spiro atoms. The van der Waals surface area contributed by atoms with Gasteiger partial charge in [-0.15, -0.1) is 0 Å². The molecule has 1 aromatic heterocycles. The fourth-order valence-corrected chi connectivity index (χ4v) is 2.03. The van der Waals surface area contributed by atoms with E-state index in [1.54, 1.807) is 12.3 Å². The number of halogens is 1. The van der Waals surface area contributed by atoms with Gasteiger partial charge in [0.1, 0.15) is 11.6 Å². The fourth-order valence-electron chi connectivity index (χ4n) is 2.03. The second kappa shape index (κ2) is 5.80. The maximum atomic E-state index is 13.1. The van der Waals surface area contributed by atoms with Crippen molar-refractivity contribution < 1.29 is 8.81 Å². The Hall–Kier alpha value is -1.65. The number of likely N-dealkylation sites (N-methyl/N-ethyl adjacent to an activating group) is 1. The van der Waals surface area contributed by atoms with Gasteiger partial charge in [-0.1, -0.05) is 12.1 Å². The van der Waals surface area contributed by atoms with Crippen LogP contribution >= 0.6 is 0 Å². The van der Waals surface area contributed by atoms with Crippen LogP contribution in [0.4, 0.5) is 4.39 Å². The molecule has 2 N–H and O–H groups in total. The highest BCUT2D eigenvalue weighted by Gasteiger charge is 2.18. The quantitative estimate of drug-likeness (QED) is 0.884. The van der Waals surface area contributed by atoms with Crippen molar-refractivity contribution in [3.63, 3.8) is 0 Å². The average molecular weight is 248 g/mol. The molecule has 0 aliphatic carbocycles. The Morgan fingerprint density at radius 3 is 2.78 bits per heavy atom. The van der Waals surface area contributed by atoms with Gasteiger partial charge >= 0.3 is 0 Å². The molecule has 2 aromatic rings. The molecule has 1 unspecified atom stereocenters. The van der Waals surface area contributed by atoms with E-state index in [9.17, 15) is 4.39 Å². The Labute approximate surface area is 106 Å². The van der Waals surface area contributed by atoms with E-state index in [4.69, 9.17) is 10.2 Å². The number of nitrogens with two attached hydrogens (primary N) is 1. The van der Waals surface area contributed by atoms with Gasteiger partial charge in [0.15, 0.2) is 0 Å². The predicted octanol–water partition coefficient (Wildman–Crippen LogP) is 2.55. The van der Waals surface area contributed by atoms with E-state index in [-0.39, 0.29) is 11.9 Å². The van der Waals surface area contributed by atoms with Gasteiger partial charge in [-0.2, -0.15) is 0 Å². The zero-order chi connectivity index (χ0) is 13.0. The zero-order valence-corrected chi connectivity index (χ0v) is 10.3. The number of furan rings is 1. The van der Waals surface area contributed by atoms with Gasteiger partial charge in [-0.25, -0.2) is 4.39 Å². The van der Waals surface area contributed by atoms with Crippen molar-refractivity contribution >= 4 is 0 Å².